The Morgan fingerprint density at radius 2 is 1.95 bits per heavy atom. The van der Waals surface area contributed by atoms with Crippen molar-refractivity contribution in [2.24, 2.45) is 0 Å². The quantitative estimate of drug-likeness (QED) is 0.920. The maximum Gasteiger partial charge on any atom is 0.416 e. The van der Waals surface area contributed by atoms with Crippen LogP contribution in [0, 0.1) is 0 Å². The van der Waals surface area contributed by atoms with Crippen molar-refractivity contribution in [1.82, 2.24) is 9.78 Å². The summed E-state index contributed by atoms with van der Waals surface area (Å²) in [6, 6.07) is 5.62. The number of aryl methyl sites for hydroxylation is 1. The highest BCUT2D eigenvalue weighted by Crippen LogP contribution is 2.30. The minimum absolute atomic E-state index is 0.0291. The number of ether oxygens (including phenoxy) is 1. The maximum absolute atomic E-state index is 12.4. The molecule has 0 amide bonds. The Bertz CT molecular complexity index is 663. The molecule has 0 saturated heterocycles. The van der Waals surface area contributed by atoms with Crippen LogP contribution in [0.25, 0.3) is 0 Å². The number of nitrogens with zero attached hydrogens (tertiary/aromatic N) is 2. The molecule has 1 heterocycles. The van der Waals surface area contributed by atoms with Crippen molar-refractivity contribution in [3.63, 3.8) is 0 Å². The normalized spacial score (nSPS) is 11.5. The molecular formula is C14H13F3N2O3. The summed E-state index contributed by atoms with van der Waals surface area (Å²) in [5, 5.41) is 13.0. The van der Waals surface area contributed by atoms with Gasteiger partial charge in [0.15, 0.2) is 0 Å². The van der Waals surface area contributed by atoms with E-state index >= 15 is 0 Å². The van der Waals surface area contributed by atoms with Crippen molar-refractivity contribution >= 4 is 5.97 Å². The zero-order chi connectivity index (χ0) is 16.3. The molecule has 2 rings (SSSR count). The van der Waals surface area contributed by atoms with Gasteiger partial charge in [0.2, 0.25) is 0 Å². The first-order valence-electron chi connectivity index (χ1n) is 6.41. The number of halogens is 3. The number of carboxylic acids is 1. The molecule has 22 heavy (non-hydrogen) atoms. The fourth-order valence-electron chi connectivity index (χ4n) is 1.85. The van der Waals surface area contributed by atoms with E-state index in [2.05, 4.69) is 5.10 Å². The zero-order valence-electron chi connectivity index (χ0n) is 11.6. The average Bonchev–Trinajstić information content (AvgIpc) is 2.88. The average molecular weight is 314 g/mol. The summed E-state index contributed by atoms with van der Waals surface area (Å²) in [4.78, 5) is 11.0. The van der Waals surface area contributed by atoms with Gasteiger partial charge in [0, 0.05) is 6.54 Å². The van der Waals surface area contributed by atoms with E-state index in [1.54, 1.807) is 6.92 Å². The molecule has 2 aromatic rings. The summed E-state index contributed by atoms with van der Waals surface area (Å²) < 4.78 is 43.9. The van der Waals surface area contributed by atoms with Gasteiger partial charge in [-0.3, -0.25) is 4.68 Å². The number of alkyl halides is 3. The minimum Gasteiger partial charge on any atom is -0.487 e. The maximum atomic E-state index is 12.4. The van der Waals surface area contributed by atoms with Crippen LogP contribution < -0.4 is 4.74 Å². The number of benzene rings is 1. The third-order valence-electron chi connectivity index (χ3n) is 2.92. The summed E-state index contributed by atoms with van der Waals surface area (Å²) in [6.45, 7) is 2.11. The highest BCUT2D eigenvalue weighted by molar-refractivity contribution is 5.85. The van der Waals surface area contributed by atoms with Crippen LogP contribution in [-0.2, 0) is 19.3 Å². The standard InChI is InChI=1S/C14H13F3N2O3/c1-2-19-12(13(20)21)7-10(18-19)8-22-11-5-3-9(4-6-11)14(15,16)17/h3-7H,2,8H2,1H3,(H,20,21). The smallest absolute Gasteiger partial charge is 0.416 e. The zero-order valence-corrected chi connectivity index (χ0v) is 11.6. The van der Waals surface area contributed by atoms with Gasteiger partial charge in [0.05, 0.1) is 5.56 Å². The Morgan fingerprint density at radius 1 is 1.32 bits per heavy atom. The first kappa shape index (κ1) is 15.9. The Labute approximate surface area is 123 Å². The van der Waals surface area contributed by atoms with Gasteiger partial charge in [0.25, 0.3) is 0 Å². The van der Waals surface area contributed by atoms with Crippen LogP contribution in [0.4, 0.5) is 13.2 Å². The Balaban J connectivity index is 2.05. The minimum atomic E-state index is -4.39. The Hall–Kier alpha value is -2.51. The molecule has 0 aliphatic heterocycles. The number of hydrogen-bond donors (Lipinski definition) is 1. The SMILES string of the molecule is CCn1nc(COc2ccc(C(F)(F)F)cc2)cc1C(=O)O. The first-order valence-corrected chi connectivity index (χ1v) is 6.41. The van der Waals surface area contributed by atoms with Crippen LogP contribution in [0.1, 0.15) is 28.7 Å². The van der Waals surface area contributed by atoms with Gasteiger partial charge in [-0.1, -0.05) is 0 Å². The lowest BCUT2D eigenvalue weighted by atomic mass is 10.2. The van der Waals surface area contributed by atoms with Crippen LogP contribution in [0.5, 0.6) is 5.75 Å². The van der Waals surface area contributed by atoms with Crippen molar-refractivity contribution in [3.8, 4) is 5.75 Å². The fourth-order valence-corrected chi connectivity index (χ4v) is 1.85. The molecule has 0 aliphatic carbocycles. The van der Waals surface area contributed by atoms with Crippen molar-refractivity contribution in [2.75, 3.05) is 0 Å². The number of rotatable bonds is 5. The molecule has 0 fully saturated rings. The Kier molecular flexibility index (Phi) is 4.39. The van der Waals surface area contributed by atoms with Crippen LogP contribution in [-0.4, -0.2) is 20.9 Å². The molecule has 0 radical (unpaired) electrons. The number of aromatic nitrogens is 2. The van der Waals surface area contributed by atoms with E-state index in [0.29, 0.717) is 12.2 Å². The highest BCUT2D eigenvalue weighted by atomic mass is 19.4. The van der Waals surface area contributed by atoms with Crippen molar-refractivity contribution in [3.05, 3.63) is 47.3 Å². The molecular weight excluding hydrogens is 301 g/mol. The molecule has 1 aromatic carbocycles. The lowest BCUT2D eigenvalue weighted by Crippen LogP contribution is -2.08. The molecule has 0 spiro atoms. The molecule has 0 atom stereocenters. The van der Waals surface area contributed by atoms with Crippen molar-refractivity contribution < 1.29 is 27.8 Å². The monoisotopic (exact) mass is 314 g/mol. The van der Waals surface area contributed by atoms with Gasteiger partial charge in [0.1, 0.15) is 23.7 Å². The summed E-state index contributed by atoms with van der Waals surface area (Å²) in [7, 11) is 0. The second-order valence-electron chi connectivity index (χ2n) is 4.45. The molecule has 118 valence electrons. The molecule has 0 aliphatic rings. The summed E-state index contributed by atoms with van der Waals surface area (Å²) in [5.41, 5.74) is -0.337. The van der Waals surface area contributed by atoms with E-state index in [1.165, 1.54) is 22.9 Å². The van der Waals surface area contributed by atoms with E-state index in [0.717, 1.165) is 12.1 Å². The summed E-state index contributed by atoms with van der Waals surface area (Å²) in [6.07, 6.45) is -4.39. The van der Waals surface area contributed by atoms with E-state index in [9.17, 15) is 18.0 Å². The Morgan fingerprint density at radius 3 is 2.41 bits per heavy atom. The fraction of sp³-hybridized carbons (Fsp3) is 0.286. The van der Waals surface area contributed by atoms with Crippen LogP contribution >= 0.6 is 0 Å². The van der Waals surface area contributed by atoms with E-state index in [1.807, 2.05) is 0 Å². The molecule has 1 N–H and O–H groups in total. The van der Waals surface area contributed by atoms with Gasteiger partial charge >= 0.3 is 12.1 Å². The molecule has 5 nitrogen and oxygen atoms in total. The lowest BCUT2D eigenvalue weighted by molar-refractivity contribution is -0.137. The molecule has 1 aromatic heterocycles. The van der Waals surface area contributed by atoms with E-state index < -0.39 is 17.7 Å². The lowest BCUT2D eigenvalue weighted by Gasteiger charge is -2.08. The number of carbonyl (C=O) groups is 1. The van der Waals surface area contributed by atoms with Gasteiger partial charge in [-0.05, 0) is 37.3 Å². The molecule has 0 bridgehead atoms. The molecule has 0 unspecified atom stereocenters. The topological polar surface area (TPSA) is 64.4 Å². The van der Waals surface area contributed by atoms with Gasteiger partial charge < -0.3 is 9.84 Å². The van der Waals surface area contributed by atoms with Crippen molar-refractivity contribution in [1.29, 1.82) is 0 Å². The summed E-state index contributed by atoms with van der Waals surface area (Å²) >= 11 is 0. The van der Waals surface area contributed by atoms with Crippen molar-refractivity contribution in [2.45, 2.75) is 26.3 Å². The van der Waals surface area contributed by atoms with E-state index in [4.69, 9.17) is 9.84 Å². The van der Waals surface area contributed by atoms with E-state index in [-0.39, 0.29) is 18.1 Å². The highest BCUT2D eigenvalue weighted by Gasteiger charge is 2.30. The third kappa shape index (κ3) is 3.57. The van der Waals surface area contributed by atoms with Crippen LogP contribution in [0.15, 0.2) is 30.3 Å². The number of hydrogen-bond acceptors (Lipinski definition) is 3. The first-order chi connectivity index (χ1) is 10.3. The third-order valence-corrected chi connectivity index (χ3v) is 2.92. The summed E-state index contributed by atoms with van der Waals surface area (Å²) in [5.74, 6) is -0.856. The number of aromatic carboxylic acids is 1. The number of carboxylic acid groups (broad SMARTS) is 1. The molecule has 8 heteroatoms. The largest absolute Gasteiger partial charge is 0.487 e. The van der Waals surface area contributed by atoms with Gasteiger partial charge in [-0.15, -0.1) is 0 Å². The molecule has 0 saturated carbocycles. The van der Waals surface area contributed by atoms with Crippen LogP contribution in [0.2, 0.25) is 0 Å². The second kappa shape index (κ2) is 6.08. The predicted octanol–water partition coefficient (Wildman–Crippen LogP) is 3.20. The van der Waals surface area contributed by atoms with Crippen LogP contribution in [0.3, 0.4) is 0 Å². The predicted molar refractivity (Wildman–Crippen MR) is 70.6 cm³/mol. The van der Waals surface area contributed by atoms with Gasteiger partial charge in [-0.2, -0.15) is 18.3 Å². The second-order valence-corrected chi connectivity index (χ2v) is 4.45. The van der Waals surface area contributed by atoms with Gasteiger partial charge in [-0.25, -0.2) is 4.79 Å².